The number of halogens is 2. The van der Waals surface area contributed by atoms with Gasteiger partial charge in [-0.25, -0.2) is 0 Å². The van der Waals surface area contributed by atoms with E-state index in [1.807, 2.05) is 0 Å². The minimum atomic E-state index is 0.842. The second kappa shape index (κ2) is 7.09. The Balaban J connectivity index is 2.05. The highest BCUT2D eigenvalue weighted by Crippen LogP contribution is 2.26. The van der Waals surface area contributed by atoms with Crippen molar-refractivity contribution in [1.29, 1.82) is 0 Å². The van der Waals surface area contributed by atoms with Crippen molar-refractivity contribution in [2.45, 2.75) is 46.2 Å². The van der Waals surface area contributed by atoms with Crippen LogP contribution in [0, 0.1) is 5.92 Å². The van der Waals surface area contributed by atoms with E-state index in [0.29, 0.717) is 0 Å². The monoisotopic (exact) mass is 347 g/mol. The molecule has 0 spiro atoms. The zero-order valence-corrected chi connectivity index (χ0v) is 14.2. The fourth-order valence-electron chi connectivity index (χ4n) is 2.68. The summed E-state index contributed by atoms with van der Waals surface area (Å²) in [6.45, 7) is 8.41. The first-order valence-corrected chi connectivity index (χ1v) is 8.71. The molecule has 1 aliphatic heterocycles. The summed E-state index contributed by atoms with van der Waals surface area (Å²) in [7, 11) is 0. The lowest BCUT2D eigenvalue weighted by atomic mass is 9.99. The van der Waals surface area contributed by atoms with Crippen LogP contribution < -0.4 is 0 Å². The van der Waals surface area contributed by atoms with Crippen LogP contribution in [-0.2, 0) is 19.5 Å². The number of piperidine rings is 1. The molecule has 1 saturated heterocycles. The Morgan fingerprint density at radius 1 is 1.32 bits per heavy atom. The van der Waals surface area contributed by atoms with Gasteiger partial charge in [0.2, 0.25) is 0 Å². The average Bonchev–Trinajstić information content (AvgIpc) is 2.76. The third kappa shape index (κ3) is 3.53. The molecule has 0 radical (unpaired) electrons. The van der Waals surface area contributed by atoms with Crippen LogP contribution in [-0.4, -0.2) is 33.1 Å². The SMILES string of the molecule is CCc1nn(CC)c(CN2CCC(CBr)CC2)c1Cl. The van der Waals surface area contributed by atoms with E-state index in [4.69, 9.17) is 11.6 Å². The van der Waals surface area contributed by atoms with E-state index < -0.39 is 0 Å². The molecule has 0 aromatic carbocycles. The van der Waals surface area contributed by atoms with Crippen molar-refractivity contribution >= 4 is 27.5 Å². The summed E-state index contributed by atoms with van der Waals surface area (Å²) >= 11 is 10.1. The smallest absolute Gasteiger partial charge is 0.0863 e. The number of alkyl halides is 1. The van der Waals surface area contributed by atoms with Crippen molar-refractivity contribution in [3.05, 3.63) is 16.4 Å². The minimum Gasteiger partial charge on any atom is -0.297 e. The van der Waals surface area contributed by atoms with Crippen molar-refractivity contribution in [1.82, 2.24) is 14.7 Å². The zero-order chi connectivity index (χ0) is 13.8. The summed E-state index contributed by atoms with van der Waals surface area (Å²) in [5.74, 6) is 0.842. The lowest BCUT2D eigenvalue weighted by molar-refractivity contribution is 0.183. The van der Waals surface area contributed by atoms with Gasteiger partial charge in [-0.05, 0) is 45.2 Å². The van der Waals surface area contributed by atoms with Gasteiger partial charge in [0, 0.05) is 18.4 Å². The van der Waals surface area contributed by atoms with Gasteiger partial charge in [-0.1, -0.05) is 34.5 Å². The first kappa shape index (κ1) is 15.3. The molecule has 0 N–H and O–H groups in total. The Labute approximate surface area is 129 Å². The second-order valence-electron chi connectivity index (χ2n) is 5.25. The average molecular weight is 349 g/mol. The van der Waals surface area contributed by atoms with Gasteiger partial charge in [0.15, 0.2) is 0 Å². The van der Waals surface area contributed by atoms with Crippen LogP contribution in [0.4, 0.5) is 0 Å². The van der Waals surface area contributed by atoms with Crippen LogP contribution in [0.25, 0.3) is 0 Å². The Hall–Kier alpha value is -0.0600. The first-order chi connectivity index (χ1) is 9.19. The number of hydrogen-bond acceptors (Lipinski definition) is 2. The molecule has 1 aromatic heterocycles. The fraction of sp³-hybridized carbons (Fsp3) is 0.786. The molecule has 0 saturated carbocycles. The van der Waals surface area contributed by atoms with Crippen molar-refractivity contribution in [2.75, 3.05) is 18.4 Å². The molecule has 0 aliphatic carbocycles. The maximum atomic E-state index is 6.47. The van der Waals surface area contributed by atoms with Gasteiger partial charge < -0.3 is 0 Å². The van der Waals surface area contributed by atoms with E-state index in [0.717, 1.165) is 41.5 Å². The molecule has 1 fully saturated rings. The minimum absolute atomic E-state index is 0.842. The molecule has 3 nitrogen and oxygen atoms in total. The van der Waals surface area contributed by atoms with Gasteiger partial charge in [0.05, 0.1) is 16.4 Å². The predicted molar refractivity (Wildman–Crippen MR) is 84.1 cm³/mol. The van der Waals surface area contributed by atoms with Crippen LogP contribution in [0.3, 0.4) is 0 Å². The highest BCUT2D eigenvalue weighted by Gasteiger charge is 2.21. The maximum Gasteiger partial charge on any atom is 0.0863 e. The van der Waals surface area contributed by atoms with Gasteiger partial charge in [0.1, 0.15) is 0 Å². The van der Waals surface area contributed by atoms with E-state index in [-0.39, 0.29) is 0 Å². The van der Waals surface area contributed by atoms with Gasteiger partial charge in [0.25, 0.3) is 0 Å². The Morgan fingerprint density at radius 3 is 2.53 bits per heavy atom. The van der Waals surface area contributed by atoms with Gasteiger partial charge >= 0.3 is 0 Å². The molecule has 1 aliphatic rings. The fourth-order valence-corrected chi connectivity index (χ4v) is 3.66. The van der Waals surface area contributed by atoms with Gasteiger partial charge in [-0.3, -0.25) is 9.58 Å². The Kier molecular flexibility index (Phi) is 5.72. The summed E-state index contributed by atoms with van der Waals surface area (Å²) in [6.07, 6.45) is 3.47. The molecule has 0 amide bonds. The predicted octanol–water partition coefficient (Wildman–Crippen LogP) is 3.73. The highest BCUT2D eigenvalue weighted by molar-refractivity contribution is 9.09. The standard InChI is InChI=1S/C14H23BrClN3/c1-3-12-14(16)13(19(4-2)17-12)10-18-7-5-11(9-15)6-8-18/h11H,3-10H2,1-2H3. The molecule has 5 heteroatoms. The Morgan fingerprint density at radius 2 is 2.00 bits per heavy atom. The summed E-state index contributed by atoms with van der Waals surface area (Å²) < 4.78 is 2.07. The number of nitrogens with zero attached hydrogens (tertiary/aromatic N) is 3. The molecule has 19 heavy (non-hydrogen) atoms. The first-order valence-electron chi connectivity index (χ1n) is 7.21. The molecule has 1 aromatic rings. The third-order valence-corrected chi connectivity index (χ3v) is 5.34. The van der Waals surface area contributed by atoms with E-state index in [1.165, 1.54) is 31.6 Å². The molecule has 0 unspecified atom stereocenters. The lowest BCUT2D eigenvalue weighted by Crippen LogP contribution is -2.34. The number of rotatable bonds is 5. The Bertz CT molecular complexity index is 411. The van der Waals surface area contributed by atoms with E-state index in [1.54, 1.807) is 0 Å². The van der Waals surface area contributed by atoms with E-state index in [2.05, 4.69) is 44.5 Å². The van der Waals surface area contributed by atoms with Crippen molar-refractivity contribution in [3.63, 3.8) is 0 Å². The van der Waals surface area contributed by atoms with Gasteiger partial charge in [-0.2, -0.15) is 5.10 Å². The zero-order valence-electron chi connectivity index (χ0n) is 11.8. The molecule has 0 bridgehead atoms. The summed E-state index contributed by atoms with van der Waals surface area (Å²) in [4.78, 5) is 2.51. The summed E-state index contributed by atoms with van der Waals surface area (Å²) in [6, 6.07) is 0. The molecule has 2 heterocycles. The van der Waals surface area contributed by atoms with Crippen LogP contribution in [0.1, 0.15) is 38.1 Å². The molecular formula is C14H23BrClN3. The molecule has 108 valence electrons. The second-order valence-corrected chi connectivity index (χ2v) is 6.28. The van der Waals surface area contributed by atoms with Crippen LogP contribution >= 0.6 is 27.5 Å². The number of likely N-dealkylation sites (tertiary alicyclic amines) is 1. The quantitative estimate of drug-likeness (QED) is 0.756. The van der Waals surface area contributed by atoms with Crippen molar-refractivity contribution < 1.29 is 0 Å². The van der Waals surface area contributed by atoms with Crippen LogP contribution in [0.2, 0.25) is 5.02 Å². The van der Waals surface area contributed by atoms with E-state index in [9.17, 15) is 0 Å². The topological polar surface area (TPSA) is 21.1 Å². The summed E-state index contributed by atoms with van der Waals surface area (Å²) in [5.41, 5.74) is 2.23. The highest BCUT2D eigenvalue weighted by atomic mass is 79.9. The lowest BCUT2D eigenvalue weighted by Gasteiger charge is -2.31. The number of hydrogen-bond donors (Lipinski definition) is 0. The molecular weight excluding hydrogens is 326 g/mol. The summed E-state index contributed by atoms with van der Waals surface area (Å²) in [5, 5.41) is 6.61. The number of aryl methyl sites for hydroxylation is 2. The van der Waals surface area contributed by atoms with Crippen molar-refractivity contribution in [2.24, 2.45) is 5.92 Å². The largest absolute Gasteiger partial charge is 0.297 e. The normalized spacial score (nSPS) is 18.1. The van der Waals surface area contributed by atoms with Crippen molar-refractivity contribution in [3.8, 4) is 0 Å². The van der Waals surface area contributed by atoms with E-state index >= 15 is 0 Å². The molecule has 2 rings (SSSR count). The van der Waals surface area contributed by atoms with Crippen LogP contribution in [0.15, 0.2) is 0 Å². The van der Waals surface area contributed by atoms with Gasteiger partial charge in [-0.15, -0.1) is 0 Å². The maximum absolute atomic E-state index is 6.47. The molecule has 0 atom stereocenters. The van der Waals surface area contributed by atoms with Crippen LogP contribution in [0.5, 0.6) is 0 Å². The number of aromatic nitrogens is 2. The third-order valence-electron chi connectivity index (χ3n) is 3.99.